The normalized spacial score (nSPS) is 11.2. The summed E-state index contributed by atoms with van der Waals surface area (Å²) in [4.78, 5) is 16.8. The topological polar surface area (TPSA) is 90.9 Å². The maximum Gasteiger partial charge on any atom is 0.357 e. The number of anilines is 1. The molecule has 0 saturated heterocycles. The molecule has 0 aliphatic heterocycles. The second-order valence-electron chi connectivity index (χ2n) is 5.30. The Morgan fingerprint density at radius 3 is 2.95 bits per heavy atom. The van der Waals surface area contributed by atoms with Gasteiger partial charge in [0.05, 0.1) is 12.1 Å². The van der Waals surface area contributed by atoms with Crippen LogP contribution in [0.25, 0.3) is 10.9 Å². The van der Waals surface area contributed by atoms with Crippen LogP contribution in [0.2, 0.25) is 0 Å². The number of hydrogen-bond acceptors (Lipinski definition) is 5. The second kappa shape index (κ2) is 5.76. The molecule has 0 bridgehead atoms. The van der Waals surface area contributed by atoms with Crippen LogP contribution in [0.15, 0.2) is 24.4 Å². The van der Waals surface area contributed by atoms with Crippen molar-refractivity contribution in [2.24, 2.45) is 0 Å². The van der Waals surface area contributed by atoms with Crippen molar-refractivity contribution in [1.82, 2.24) is 15.2 Å². The molecule has 3 N–H and O–H groups in total. The zero-order chi connectivity index (χ0) is 15.7. The summed E-state index contributed by atoms with van der Waals surface area (Å²) in [6.07, 6.45) is 1.91. The molecule has 3 rings (SSSR count). The van der Waals surface area contributed by atoms with E-state index in [9.17, 15) is 4.79 Å². The van der Waals surface area contributed by atoms with Gasteiger partial charge >= 0.3 is 5.97 Å². The number of H-pyrrole nitrogens is 1. The Balaban J connectivity index is 1.78. The van der Waals surface area contributed by atoms with Crippen LogP contribution >= 0.6 is 11.3 Å². The van der Waals surface area contributed by atoms with Crippen LogP contribution in [0.1, 0.15) is 40.1 Å². The summed E-state index contributed by atoms with van der Waals surface area (Å²) >= 11 is 1.69. The molecule has 0 unspecified atom stereocenters. The molecular weight excluding hydrogens is 300 g/mol. The summed E-state index contributed by atoms with van der Waals surface area (Å²) in [5.41, 5.74) is 1.59. The van der Waals surface area contributed by atoms with Crippen molar-refractivity contribution < 1.29 is 9.90 Å². The predicted molar refractivity (Wildman–Crippen MR) is 86.6 cm³/mol. The summed E-state index contributed by atoms with van der Waals surface area (Å²) in [6.45, 7) is 4.90. The zero-order valence-electron chi connectivity index (χ0n) is 12.3. The third-order valence-corrected chi connectivity index (χ3v) is 4.65. The minimum absolute atomic E-state index is 0.0370. The van der Waals surface area contributed by atoms with Crippen LogP contribution in [-0.4, -0.2) is 26.3 Å². The van der Waals surface area contributed by atoms with E-state index in [-0.39, 0.29) is 5.69 Å². The van der Waals surface area contributed by atoms with Gasteiger partial charge in [0.25, 0.3) is 0 Å². The van der Waals surface area contributed by atoms with E-state index in [4.69, 9.17) is 5.11 Å². The molecule has 0 spiro atoms. The molecule has 0 saturated carbocycles. The molecule has 0 aliphatic rings. The van der Waals surface area contributed by atoms with Crippen molar-refractivity contribution in [2.75, 3.05) is 5.32 Å². The van der Waals surface area contributed by atoms with E-state index >= 15 is 0 Å². The number of aromatic amines is 1. The van der Waals surface area contributed by atoms with Crippen LogP contribution in [-0.2, 0) is 6.54 Å². The minimum Gasteiger partial charge on any atom is -0.476 e. The number of aromatic carboxylic acids is 1. The third-order valence-electron chi connectivity index (χ3n) is 3.35. The molecule has 0 atom stereocenters. The Kier molecular flexibility index (Phi) is 3.81. The van der Waals surface area contributed by atoms with Gasteiger partial charge in [-0.05, 0) is 24.1 Å². The number of carboxylic acids is 1. The highest BCUT2D eigenvalue weighted by Crippen LogP contribution is 2.24. The average Bonchev–Trinajstić information content (AvgIpc) is 3.11. The van der Waals surface area contributed by atoms with Gasteiger partial charge in [-0.15, -0.1) is 11.3 Å². The second-order valence-corrected chi connectivity index (χ2v) is 6.45. The van der Waals surface area contributed by atoms with E-state index in [1.54, 1.807) is 17.4 Å². The SMILES string of the molecule is CC(C)c1cnc(CNc2ccc3[nH]nc(C(=O)O)c3c2)s1. The fraction of sp³-hybridized carbons (Fsp3) is 0.267. The molecule has 2 heterocycles. The van der Waals surface area contributed by atoms with Gasteiger partial charge in [-0.2, -0.15) is 5.10 Å². The van der Waals surface area contributed by atoms with E-state index in [0.717, 1.165) is 10.7 Å². The third kappa shape index (κ3) is 2.80. The number of benzene rings is 1. The number of fused-ring (bicyclic) bond motifs is 1. The van der Waals surface area contributed by atoms with Gasteiger partial charge in [-0.25, -0.2) is 9.78 Å². The van der Waals surface area contributed by atoms with Gasteiger partial charge in [0.1, 0.15) is 5.01 Å². The Bertz CT molecular complexity index is 822. The lowest BCUT2D eigenvalue weighted by Crippen LogP contribution is -1.99. The maximum absolute atomic E-state index is 11.1. The standard InChI is InChI=1S/C15H16N4O2S/c1-8(2)12-6-17-13(22-12)7-16-9-3-4-11-10(5-9)14(15(20)21)19-18-11/h3-6,8,16H,7H2,1-2H3,(H,18,19)(H,20,21). The van der Waals surface area contributed by atoms with E-state index in [2.05, 4.69) is 34.3 Å². The highest BCUT2D eigenvalue weighted by molar-refractivity contribution is 7.11. The zero-order valence-corrected chi connectivity index (χ0v) is 13.1. The minimum atomic E-state index is -1.04. The van der Waals surface area contributed by atoms with Gasteiger partial charge in [-0.3, -0.25) is 5.10 Å². The summed E-state index contributed by atoms with van der Waals surface area (Å²) in [5.74, 6) is -0.559. The number of carbonyl (C=O) groups is 1. The number of thiazole rings is 1. The van der Waals surface area contributed by atoms with Crippen molar-refractivity contribution in [3.05, 3.63) is 40.0 Å². The number of carboxylic acid groups (broad SMARTS) is 1. The van der Waals surface area contributed by atoms with Crippen molar-refractivity contribution in [2.45, 2.75) is 26.3 Å². The molecule has 2 aromatic heterocycles. The van der Waals surface area contributed by atoms with Gasteiger partial charge in [0.2, 0.25) is 0 Å². The van der Waals surface area contributed by atoms with Crippen molar-refractivity contribution >= 4 is 33.9 Å². The summed E-state index contributed by atoms with van der Waals surface area (Å²) in [7, 11) is 0. The molecule has 6 nitrogen and oxygen atoms in total. The number of hydrogen-bond donors (Lipinski definition) is 3. The maximum atomic E-state index is 11.1. The van der Waals surface area contributed by atoms with Gasteiger partial charge in [0.15, 0.2) is 5.69 Å². The summed E-state index contributed by atoms with van der Waals surface area (Å²) in [5, 5.41) is 20.5. The quantitative estimate of drug-likeness (QED) is 0.670. The first kappa shape index (κ1) is 14.5. The molecule has 3 aromatic rings. The van der Waals surface area contributed by atoms with Gasteiger partial charge < -0.3 is 10.4 Å². The van der Waals surface area contributed by atoms with E-state index in [1.807, 2.05) is 18.3 Å². The van der Waals surface area contributed by atoms with Gasteiger partial charge in [0, 0.05) is 22.1 Å². The summed E-state index contributed by atoms with van der Waals surface area (Å²) in [6, 6.07) is 5.50. The molecule has 0 radical (unpaired) electrons. The van der Waals surface area contributed by atoms with Crippen LogP contribution in [0.4, 0.5) is 5.69 Å². The Hall–Kier alpha value is -2.41. The first-order valence-electron chi connectivity index (χ1n) is 6.94. The van der Waals surface area contributed by atoms with Crippen LogP contribution in [0, 0.1) is 0 Å². The summed E-state index contributed by atoms with van der Waals surface area (Å²) < 4.78 is 0. The predicted octanol–water partition coefficient (Wildman–Crippen LogP) is 3.45. The molecule has 22 heavy (non-hydrogen) atoms. The molecule has 1 aromatic carbocycles. The molecule has 7 heteroatoms. The Labute approximate surface area is 131 Å². The average molecular weight is 316 g/mol. The van der Waals surface area contributed by atoms with Crippen LogP contribution < -0.4 is 5.32 Å². The molecule has 0 aliphatic carbocycles. The Morgan fingerprint density at radius 2 is 2.27 bits per heavy atom. The monoisotopic (exact) mass is 316 g/mol. The van der Waals surface area contributed by atoms with Crippen LogP contribution in [0.3, 0.4) is 0 Å². The lowest BCUT2D eigenvalue weighted by atomic mass is 10.2. The molecule has 0 amide bonds. The number of rotatable bonds is 5. The fourth-order valence-electron chi connectivity index (χ4n) is 2.14. The van der Waals surface area contributed by atoms with Crippen LogP contribution in [0.5, 0.6) is 0 Å². The van der Waals surface area contributed by atoms with Crippen molar-refractivity contribution in [3.63, 3.8) is 0 Å². The lowest BCUT2D eigenvalue weighted by molar-refractivity contribution is 0.0692. The lowest BCUT2D eigenvalue weighted by Gasteiger charge is -2.04. The first-order valence-corrected chi connectivity index (χ1v) is 7.76. The van der Waals surface area contributed by atoms with Crippen molar-refractivity contribution in [1.29, 1.82) is 0 Å². The van der Waals surface area contributed by atoms with E-state index < -0.39 is 5.97 Å². The van der Waals surface area contributed by atoms with Crippen molar-refractivity contribution in [3.8, 4) is 0 Å². The highest BCUT2D eigenvalue weighted by atomic mass is 32.1. The number of nitrogens with one attached hydrogen (secondary N) is 2. The molecule has 114 valence electrons. The Morgan fingerprint density at radius 1 is 1.45 bits per heavy atom. The van der Waals surface area contributed by atoms with Gasteiger partial charge in [-0.1, -0.05) is 13.8 Å². The largest absolute Gasteiger partial charge is 0.476 e. The number of aromatic nitrogens is 3. The fourth-order valence-corrected chi connectivity index (χ4v) is 3.00. The smallest absolute Gasteiger partial charge is 0.357 e. The molecular formula is C15H16N4O2S. The van der Waals surface area contributed by atoms with E-state index in [1.165, 1.54) is 4.88 Å². The first-order chi connectivity index (χ1) is 10.5. The number of nitrogens with zero attached hydrogens (tertiary/aromatic N) is 2. The molecule has 0 fully saturated rings. The van der Waals surface area contributed by atoms with E-state index in [0.29, 0.717) is 23.4 Å². The highest BCUT2D eigenvalue weighted by Gasteiger charge is 2.13.